The molecule has 2 heteroatoms. The van der Waals surface area contributed by atoms with Crippen LogP contribution in [-0.2, 0) is 22.0 Å². The molecule has 0 aliphatic carbocycles. The van der Waals surface area contributed by atoms with Crippen molar-refractivity contribution < 1.29 is 9.78 Å². The molecule has 1 aromatic rings. The first kappa shape index (κ1) is 26.4. The molecule has 178 valence electrons. The van der Waals surface area contributed by atoms with Crippen molar-refractivity contribution in [1.29, 1.82) is 0 Å². The molecule has 0 N–H and O–H groups in total. The van der Waals surface area contributed by atoms with Gasteiger partial charge in [0.15, 0.2) is 0 Å². The van der Waals surface area contributed by atoms with Gasteiger partial charge in [0, 0.05) is 12.0 Å². The van der Waals surface area contributed by atoms with Gasteiger partial charge in [-0.25, -0.2) is 0 Å². The zero-order chi connectivity index (χ0) is 23.1. The molecule has 0 unspecified atom stereocenters. The van der Waals surface area contributed by atoms with Crippen molar-refractivity contribution in [1.82, 2.24) is 0 Å². The number of unbranched alkanes of at least 4 members (excludes halogenated alkanes) is 5. The summed E-state index contributed by atoms with van der Waals surface area (Å²) in [5.74, 6) is 0.0483. The second-order valence-electron chi connectivity index (χ2n) is 12.5. The molecule has 0 radical (unpaired) electrons. The molecule has 1 fully saturated rings. The van der Waals surface area contributed by atoms with Crippen molar-refractivity contribution in [2.24, 2.45) is 10.8 Å². The molecular formula is C29H50O2. The quantitative estimate of drug-likeness (QED) is 0.177. The van der Waals surface area contributed by atoms with Gasteiger partial charge in [-0.05, 0) is 60.0 Å². The van der Waals surface area contributed by atoms with Gasteiger partial charge in [-0.3, -0.25) is 0 Å². The van der Waals surface area contributed by atoms with Gasteiger partial charge < -0.3 is 0 Å². The van der Waals surface area contributed by atoms with Crippen molar-refractivity contribution in [3.8, 4) is 0 Å². The summed E-state index contributed by atoms with van der Waals surface area (Å²) in [6.45, 7) is 18.6. The smallest absolute Gasteiger partial charge is 0.189 e. The highest BCUT2D eigenvalue weighted by atomic mass is 17.4. The Morgan fingerprint density at radius 3 is 1.81 bits per heavy atom. The second kappa shape index (κ2) is 11.3. The first-order valence-electron chi connectivity index (χ1n) is 12.9. The maximum absolute atomic E-state index is 5.69. The lowest BCUT2D eigenvalue weighted by atomic mass is 9.85. The van der Waals surface area contributed by atoms with Crippen LogP contribution in [0, 0.1) is 10.8 Å². The van der Waals surface area contributed by atoms with Crippen molar-refractivity contribution in [2.45, 2.75) is 138 Å². The first-order valence-corrected chi connectivity index (χ1v) is 12.9. The SMILES string of the molecule is CC(C)c1cccc(C2(CCCCCC(C)(C)C)OO2)c1CCCCCCC(C)(C)C. The van der Waals surface area contributed by atoms with Crippen molar-refractivity contribution >= 4 is 0 Å². The fraction of sp³-hybridized carbons (Fsp3) is 0.793. The highest BCUT2D eigenvalue weighted by Crippen LogP contribution is 2.48. The highest BCUT2D eigenvalue weighted by molar-refractivity contribution is 5.40. The van der Waals surface area contributed by atoms with Crippen LogP contribution >= 0.6 is 0 Å². The largest absolute Gasteiger partial charge is 0.259 e. The van der Waals surface area contributed by atoms with Gasteiger partial charge in [0.05, 0.1) is 0 Å². The third-order valence-electron chi connectivity index (χ3n) is 6.57. The summed E-state index contributed by atoms with van der Waals surface area (Å²) < 4.78 is 0. The van der Waals surface area contributed by atoms with Crippen molar-refractivity contribution in [3.63, 3.8) is 0 Å². The van der Waals surface area contributed by atoms with E-state index in [1.807, 2.05) is 0 Å². The molecule has 1 aromatic carbocycles. The minimum absolute atomic E-state index is 0.427. The minimum Gasteiger partial charge on any atom is -0.189 e. The Morgan fingerprint density at radius 1 is 0.742 bits per heavy atom. The second-order valence-corrected chi connectivity index (χ2v) is 12.5. The van der Waals surface area contributed by atoms with E-state index < -0.39 is 5.79 Å². The number of hydrogen-bond donors (Lipinski definition) is 0. The van der Waals surface area contributed by atoms with Crippen LogP contribution in [0.4, 0.5) is 0 Å². The van der Waals surface area contributed by atoms with Crippen LogP contribution < -0.4 is 0 Å². The fourth-order valence-corrected chi connectivity index (χ4v) is 4.64. The third-order valence-corrected chi connectivity index (χ3v) is 6.57. The summed E-state index contributed by atoms with van der Waals surface area (Å²) >= 11 is 0. The predicted octanol–water partition coefficient (Wildman–Crippen LogP) is 9.46. The van der Waals surface area contributed by atoms with E-state index in [9.17, 15) is 0 Å². The molecule has 1 aliphatic heterocycles. The van der Waals surface area contributed by atoms with E-state index in [1.165, 1.54) is 68.1 Å². The molecule has 0 spiro atoms. The molecule has 1 heterocycles. The van der Waals surface area contributed by atoms with Crippen LogP contribution in [0.25, 0.3) is 0 Å². The van der Waals surface area contributed by atoms with Gasteiger partial charge in [0.25, 0.3) is 5.79 Å². The molecule has 31 heavy (non-hydrogen) atoms. The Kier molecular flexibility index (Phi) is 9.64. The number of rotatable bonds is 13. The topological polar surface area (TPSA) is 25.1 Å². The van der Waals surface area contributed by atoms with Gasteiger partial charge in [-0.1, -0.05) is 106 Å². The van der Waals surface area contributed by atoms with E-state index in [0.717, 1.165) is 19.3 Å². The molecule has 0 aromatic heterocycles. The van der Waals surface area contributed by atoms with Crippen LogP contribution in [0.2, 0.25) is 0 Å². The van der Waals surface area contributed by atoms with Crippen LogP contribution in [0.3, 0.4) is 0 Å². The number of benzene rings is 1. The average Bonchev–Trinajstić information content (AvgIpc) is 3.43. The van der Waals surface area contributed by atoms with E-state index in [0.29, 0.717) is 16.7 Å². The third kappa shape index (κ3) is 9.26. The molecular weight excluding hydrogens is 380 g/mol. The minimum atomic E-state index is -0.478. The van der Waals surface area contributed by atoms with E-state index in [-0.39, 0.29) is 0 Å². The van der Waals surface area contributed by atoms with E-state index in [2.05, 4.69) is 73.6 Å². The lowest BCUT2D eigenvalue weighted by molar-refractivity contribution is 0.0850. The maximum atomic E-state index is 5.69. The van der Waals surface area contributed by atoms with Crippen LogP contribution in [0.1, 0.15) is 142 Å². The standard InChI is InChI=1S/C29H50O2/c1-23(2)24-18-16-19-26(25(24)17-12-9-10-13-20-27(3,4)5)29(30-31-29)22-15-11-14-21-28(6,7)8/h16,18-19,23H,9-15,17,20-22H2,1-8H3. The molecule has 2 rings (SSSR count). The maximum Gasteiger partial charge on any atom is 0.259 e. The molecule has 0 saturated carbocycles. The zero-order valence-corrected chi connectivity index (χ0v) is 21.9. The summed E-state index contributed by atoms with van der Waals surface area (Å²) in [4.78, 5) is 11.4. The van der Waals surface area contributed by atoms with Crippen LogP contribution in [-0.4, -0.2) is 0 Å². The lowest BCUT2D eigenvalue weighted by Crippen LogP contribution is -2.14. The predicted molar refractivity (Wildman–Crippen MR) is 133 cm³/mol. The summed E-state index contributed by atoms with van der Waals surface area (Å²) in [6.07, 6.45) is 13.6. The van der Waals surface area contributed by atoms with E-state index in [4.69, 9.17) is 9.78 Å². The Labute approximate surface area is 193 Å². The van der Waals surface area contributed by atoms with Gasteiger partial charge in [0.2, 0.25) is 0 Å². The molecule has 1 saturated heterocycles. The lowest BCUT2D eigenvalue weighted by Gasteiger charge is -2.20. The average molecular weight is 431 g/mol. The molecule has 1 aliphatic rings. The van der Waals surface area contributed by atoms with E-state index >= 15 is 0 Å². The Morgan fingerprint density at radius 2 is 1.29 bits per heavy atom. The Balaban J connectivity index is 1.95. The van der Waals surface area contributed by atoms with E-state index in [1.54, 1.807) is 0 Å². The first-order chi connectivity index (χ1) is 14.4. The summed E-state index contributed by atoms with van der Waals surface area (Å²) in [5, 5.41) is 0. The molecule has 2 nitrogen and oxygen atoms in total. The molecule has 0 atom stereocenters. The molecule has 0 amide bonds. The summed E-state index contributed by atoms with van der Waals surface area (Å²) in [7, 11) is 0. The van der Waals surface area contributed by atoms with Gasteiger partial charge in [-0.15, -0.1) is 0 Å². The molecule has 0 bridgehead atoms. The van der Waals surface area contributed by atoms with Gasteiger partial charge in [0.1, 0.15) is 0 Å². The van der Waals surface area contributed by atoms with Crippen LogP contribution in [0.15, 0.2) is 18.2 Å². The number of hydrogen-bond acceptors (Lipinski definition) is 2. The van der Waals surface area contributed by atoms with Crippen LogP contribution in [0.5, 0.6) is 0 Å². The van der Waals surface area contributed by atoms with Crippen molar-refractivity contribution in [3.05, 3.63) is 34.9 Å². The van der Waals surface area contributed by atoms with Gasteiger partial charge >= 0.3 is 0 Å². The fourth-order valence-electron chi connectivity index (χ4n) is 4.64. The summed E-state index contributed by atoms with van der Waals surface area (Å²) in [5.41, 5.74) is 5.14. The normalized spacial score (nSPS) is 16.2. The Hall–Kier alpha value is -0.860. The zero-order valence-electron chi connectivity index (χ0n) is 21.9. The van der Waals surface area contributed by atoms with Crippen molar-refractivity contribution in [2.75, 3.05) is 0 Å². The monoisotopic (exact) mass is 430 g/mol. The highest BCUT2D eigenvalue weighted by Gasteiger charge is 2.51. The van der Waals surface area contributed by atoms with Gasteiger partial charge in [-0.2, -0.15) is 9.78 Å². The Bertz CT molecular complexity index is 656. The summed E-state index contributed by atoms with van der Waals surface area (Å²) in [6, 6.07) is 6.76.